The summed E-state index contributed by atoms with van der Waals surface area (Å²) in [5.74, 6) is 1.40. The Bertz CT molecular complexity index is 645. The second kappa shape index (κ2) is 13.2. The molecule has 6 nitrogen and oxygen atoms in total. The molecule has 0 fully saturated rings. The number of hydrogen-bond acceptors (Lipinski definition) is 4. The maximum Gasteiger partial charge on any atom is 0.306 e. The molecule has 1 heterocycles. The zero-order valence-corrected chi connectivity index (χ0v) is 17.3. The lowest BCUT2D eigenvalue weighted by Crippen LogP contribution is -2.37. The first kappa shape index (κ1) is 22.0. The summed E-state index contributed by atoms with van der Waals surface area (Å²) in [5, 5.41) is 6.37. The number of guanidine groups is 1. The highest BCUT2D eigenvalue weighted by Crippen LogP contribution is 2.03. The highest BCUT2D eigenvalue weighted by atomic mass is 127. The van der Waals surface area contributed by atoms with Gasteiger partial charge in [0, 0.05) is 20.0 Å². The third-order valence-electron chi connectivity index (χ3n) is 3.58. The number of nitrogens with one attached hydrogen (secondary N) is 2. The van der Waals surface area contributed by atoms with Gasteiger partial charge in [-0.2, -0.15) is 0 Å². The van der Waals surface area contributed by atoms with Crippen LogP contribution < -0.4 is 10.6 Å². The Hall–Kier alpha value is -2.03. The molecule has 0 radical (unpaired) electrons. The summed E-state index contributed by atoms with van der Waals surface area (Å²) in [6, 6.07) is 13.4. The second-order valence-electron chi connectivity index (χ2n) is 5.54. The van der Waals surface area contributed by atoms with E-state index in [0.29, 0.717) is 25.5 Å². The van der Waals surface area contributed by atoms with Crippen molar-refractivity contribution in [2.75, 3.05) is 13.6 Å². The Morgan fingerprint density at radius 1 is 1.12 bits per heavy atom. The minimum absolute atomic E-state index is 0. The molecule has 1 aromatic heterocycles. The van der Waals surface area contributed by atoms with Gasteiger partial charge in [-0.1, -0.05) is 30.3 Å². The van der Waals surface area contributed by atoms with Crippen LogP contribution in [0.1, 0.15) is 30.6 Å². The molecule has 142 valence electrons. The summed E-state index contributed by atoms with van der Waals surface area (Å²) < 4.78 is 10.5. The smallest absolute Gasteiger partial charge is 0.306 e. The Morgan fingerprint density at radius 2 is 1.92 bits per heavy atom. The number of hydrogen-bond donors (Lipinski definition) is 2. The van der Waals surface area contributed by atoms with Crippen LogP contribution in [0.4, 0.5) is 0 Å². The van der Waals surface area contributed by atoms with Crippen molar-refractivity contribution >= 4 is 35.9 Å². The number of carbonyl (C=O) groups is 1. The Kier molecular flexibility index (Phi) is 11.2. The van der Waals surface area contributed by atoms with Crippen LogP contribution in [-0.2, 0) is 22.7 Å². The standard InChI is InChI=1S/C19H25N3O3.HI/c1-20-19(22-14-17-10-7-13-24-17)21-12-6-5-11-18(23)25-15-16-8-3-2-4-9-16;/h2-4,7-10,13H,5-6,11-12,14-15H2,1H3,(H2,20,21,22);1H. The summed E-state index contributed by atoms with van der Waals surface area (Å²) >= 11 is 0. The molecule has 7 heteroatoms. The van der Waals surface area contributed by atoms with Gasteiger partial charge in [-0.15, -0.1) is 24.0 Å². The molecule has 0 saturated carbocycles. The van der Waals surface area contributed by atoms with E-state index in [1.807, 2.05) is 42.5 Å². The van der Waals surface area contributed by atoms with Crippen LogP contribution in [0.25, 0.3) is 0 Å². The van der Waals surface area contributed by atoms with Gasteiger partial charge in [0.25, 0.3) is 0 Å². The first-order valence-corrected chi connectivity index (χ1v) is 8.44. The van der Waals surface area contributed by atoms with Crippen molar-refractivity contribution in [2.24, 2.45) is 4.99 Å². The number of carbonyl (C=O) groups excluding carboxylic acids is 1. The molecule has 0 aliphatic rings. The number of unbranched alkanes of at least 4 members (excludes halogenated alkanes) is 1. The van der Waals surface area contributed by atoms with Gasteiger partial charge in [-0.05, 0) is 30.5 Å². The molecule has 1 aromatic carbocycles. The third-order valence-corrected chi connectivity index (χ3v) is 3.58. The Morgan fingerprint density at radius 3 is 2.62 bits per heavy atom. The van der Waals surface area contributed by atoms with Crippen molar-refractivity contribution in [1.82, 2.24) is 10.6 Å². The minimum atomic E-state index is -0.163. The molecular weight excluding hydrogens is 445 g/mol. The van der Waals surface area contributed by atoms with E-state index in [-0.39, 0.29) is 29.9 Å². The molecule has 2 rings (SSSR count). The van der Waals surface area contributed by atoms with Crippen molar-refractivity contribution in [3.05, 3.63) is 60.1 Å². The summed E-state index contributed by atoms with van der Waals surface area (Å²) in [6.45, 7) is 1.66. The van der Waals surface area contributed by atoms with Gasteiger partial charge in [0.15, 0.2) is 5.96 Å². The molecule has 26 heavy (non-hydrogen) atoms. The Labute approximate surface area is 171 Å². The zero-order chi connectivity index (χ0) is 17.7. The van der Waals surface area contributed by atoms with Crippen LogP contribution in [0.5, 0.6) is 0 Å². The summed E-state index contributed by atoms with van der Waals surface area (Å²) in [6.07, 6.45) is 3.70. The lowest BCUT2D eigenvalue weighted by atomic mass is 10.2. The van der Waals surface area contributed by atoms with Gasteiger partial charge in [0.05, 0.1) is 12.8 Å². The van der Waals surface area contributed by atoms with Crippen LogP contribution in [0, 0.1) is 0 Å². The van der Waals surface area contributed by atoms with E-state index in [2.05, 4.69) is 15.6 Å². The highest BCUT2D eigenvalue weighted by molar-refractivity contribution is 14.0. The number of furan rings is 1. The highest BCUT2D eigenvalue weighted by Gasteiger charge is 2.04. The van der Waals surface area contributed by atoms with Crippen molar-refractivity contribution in [1.29, 1.82) is 0 Å². The molecule has 0 amide bonds. The maximum atomic E-state index is 11.7. The SMILES string of the molecule is CN=C(NCCCCC(=O)OCc1ccccc1)NCc1ccco1.I. The minimum Gasteiger partial charge on any atom is -0.467 e. The van der Waals surface area contributed by atoms with E-state index in [0.717, 1.165) is 30.7 Å². The number of ether oxygens (including phenoxy) is 1. The van der Waals surface area contributed by atoms with Gasteiger partial charge in [0.1, 0.15) is 12.4 Å². The molecule has 0 aliphatic carbocycles. The fourth-order valence-electron chi connectivity index (χ4n) is 2.22. The molecular formula is C19H26IN3O3. The molecule has 0 saturated heterocycles. The predicted octanol–water partition coefficient (Wildman–Crippen LogP) is 3.48. The van der Waals surface area contributed by atoms with Crippen LogP contribution in [-0.4, -0.2) is 25.5 Å². The Balaban J connectivity index is 0.00000338. The number of benzene rings is 1. The topological polar surface area (TPSA) is 75.9 Å². The quantitative estimate of drug-likeness (QED) is 0.193. The zero-order valence-electron chi connectivity index (χ0n) is 14.9. The van der Waals surface area contributed by atoms with Crippen LogP contribution in [0.2, 0.25) is 0 Å². The summed E-state index contributed by atoms with van der Waals surface area (Å²) in [5.41, 5.74) is 1.00. The first-order chi connectivity index (χ1) is 12.3. The van der Waals surface area contributed by atoms with Gasteiger partial charge in [-0.25, -0.2) is 0 Å². The molecule has 0 bridgehead atoms. The molecule has 2 aromatic rings. The molecule has 0 aliphatic heterocycles. The van der Waals surface area contributed by atoms with E-state index >= 15 is 0 Å². The normalized spacial score (nSPS) is 10.7. The van der Waals surface area contributed by atoms with Gasteiger partial charge in [-0.3, -0.25) is 9.79 Å². The molecule has 0 atom stereocenters. The van der Waals surface area contributed by atoms with Gasteiger partial charge in [0.2, 0.25) is 0 Å². The van der Waals surface area contributed by atoms with Crippen LogP contribution in [0.15, 0.2) is 58.1 Å². The van der Waals surface area contributed by atoms with E-state index in [1.165, 1.54) is 0 Å². The molecule has 0 spiro atoms. The number of rotatable bonds is 9. The maximum absolute atomic E-state index is 11.7. The number of halogens is 1. The van der Waals surface area contributed by atoms with E-state index in [4.69, 9.17) is 9.15 Å². The summed E-state index contributed by atoms with van der Waals surface area (Å²) in [7, 11) is 1.72. The molecule has 2 N–H and O–H groups in total. The van der Waals surface area contributed by atoms with Crippen LogP contribution >= 0.6 is 24.0 Å². The third kappa shape index (κ3) is 8.89. The monoisotopic (exact) mass is 471 g/mol. The lowest BCUT2D eigenvalue weighted by molar-refractivity contribution is -0.145. The van der Waals surface area contributed by atoms with Crippen molar-refractivity contribution in [3.8, 4) is 0 Å². The van der Waals surface area contributed by atoms with Crippen molar-refractivity contribution in [2.45, 2.75) is 32.4 Å². The van der Waals surface area contributed by atoms with Crippen molar-refractivity contribution < 1.29 is 13.9 Å². The lowest BCUT2D eigenvalue weighted by Gasteiger charge is -2.10. The van der Waals surface area contributed by atoms with E-state index in [1.54, 1.807) is 13.3 Å². The van der Waals surface area contributed by atoms with E-state index in [9.17, 15) is 4.79 Å². The largest absolute Gasteiger partial charge is 0.467 e. The number of nitrogens with zero attached hydrogens (tertiary/aromatic N) is 1. The second-order valence-corrected chi connectivity index (χ2v) is 5.54. The number of esters is 1. The fourth-order valence-corrected chi connectivity index (χ4v) is 2.22. The van der Waals surface area contributed by atoms with E-state index < -0.39 is 0 Å². The van der Waals surface area contributed by atoms with Crippen molar-refractivity contribution in [3.63, 3.8) is 0 Å². The number of aliphatic imine (C=N–C) groups is 1. The van der Waals surface area contributed by atoms with Crippen LogP contribution in [0.3, 0.4) is 0 Å². The first-order valence-electron chi connectivity index (χ1n) is 8.44. The van der Waals surface area contributed by atoms with Gasteiger partial charge >= 0.3 is 5.97 Å². The average Bonchev–Trinajstić information content (AvgIpc) is 3.16. The fraction of sp³-hybridized carbons (Fsp3) is 0.368. The average molecular weight is 471 g/mol. The predicted molar refractivity (Wildman–Crippen MR) is 112 cm³/mol. The summed E-state index contributed by atoms with van der Waals surface area (Å²) in [4.78, 5) is 15.9. The van der Waals surface area contributed by atoms with Gasteiger partial charge < -0.3 is 19.8 Å². The molecule has 0 unspecified atom stereocenters.